The van der Waals surface area contributed by atoms with E-state index in [1.165, 1.54) is 5.56 Å². The lowest BCUT2D eigenvalue weighted by molar-refractivity contribution is 0.130. The van der Waals surface area contributed by atoms with Gasteiger partial charge < -0.3 is 15.2 Å². The molecule has 0 aliphatic carbocycles. The second-order valence-corrected chi connectivity index (χ2v) is 6.81. The molecule has 1 fully saturated rings. The number of aryl methyl sites for hydroxylation is 1. The van der Waals surface area contributed by atoms with Gasteiger partial charge in [-0.1, -0.05) is 30.3 Å². The number of carbonyl (C=O) groups is 1. The van der Waals surface area contributed by atoms with Crippen molar-refractivity contribution in [1.82, 2.24) is 25.1 Å². The van der Waals surface area contributed by atoms with Gasteiger partial charge in [0.1, 0.15) is 5.82 Å². The molecule has 3 rings (SSSR count). The minimum absolute atomic E-state index is 0.114. The zero-order valence-electron chi connectivity index (χ0n) is 15.0. The maximum Gasteiger partial charge on any atom is 0.315 e. The maximum absolute atomic E-state index is 12.1. The summed E-state index contributed by atoms with van der Waals surface area (Å²) in [6, 6.07) is 11.1. The van der Waals surface area contributed by atoms with E-state index < -0.39 is 0 Å². The number of nitrogens with zero attached hydrogens (tertiary/aromatic N) is 3. The van der Waals surface area contributed by atoms with E-state index in [-0.39, 0.29) is 12.1 Å². The van der Waals surface area contributed by atoms with Crippen molar-refractivity contribution in [2.24, 2.45) is 7.05 Å². The molecule has 0 bridgehead atoms. The molecule has 1 aromatic heterocycles. The number of aromatic nitrogens is 2. The van der Waals surface area contributed by atoms with E-state index >= 15 is 0 Å². The van der Waals surface area contributed by atoms with Gasteiger partial charge >= 0.3 is 6.03 Å². The molecule has 2 amide bonds. The summed E-state index contributed by atoms with van der Waals surface area (Å²) in [5.74, 6) is 0.848. The molecule has 0 radical (unpaired) electrons. The van der Waals surface area contributed by atoms with Crippen molar-refractivity contribution in [3.05, 3.63) is 54.1 Å². The maximum atomic E-state index is 12.1. The van der Waals surface area contributed by atoms with Crippen LogP contribution in [0.4, 0.5) is 4.79 Å². The summed E-state index contributed by atoms with van der Waals surface area (Å²) in [4.78, 5) is 18.8. The van der Waals surface area contributed by atoms with Crippen LogP contribution >= 0.6 is 0 Å². The molecule has 2 aromatic rings. The van der Waals surface area contributed by atoms with Gasteiger partial charge in [0.05, 0.1) is 6.54 Å². The number of urea groups is 1. The summed E-state index contributed by atoms with van der Waals surface area (Å²) in [7, 11) is 1.92. The smallest absolute Gasteiger partial charge is 0.315 e. The number of nitrogens with one attached hydrogen (secondary N) is 2. The molecule has 6 nitrogen and oxygen atoms in total. The van der Waals surface area contributed by atoms with Crippen molar-refractivity contribution in [2.45, 2.75) is 44.9 Å². The average molecular weight is 341 g/mol. The number of imidazole rings is 1. The molecule has 1 aromatic carbocycles. The monoisotopic (exact) mass is 341 g/mol. The second kappa shape index (κ2) is 8.16. The molecule has 0 saturated carbocycles. The lowest BCUT2D eigenvalue weighted by Crippen LogP contribution is -2.50. The van der Waals surface area contributed by atoms with Crippen molar-refractivity contribution in [1.29, 1.82) is 0 Å². The van der Waals surface area contributed by atoms with E-state index in [2.05, 4.69) is 51.7 Å². The summed E-state index contributed by atoms with van der Waals surface area (Å²) in [6.45, 7) is 4.65. The fourth-order valence-electron chi connectivity index (χ4n) is 3.37. The first-order valence-corrected chi connectivity index (χ1v) is 8.90. The lowest BCUT2D eigenvalue weighted by atomic mass is 9.97. The minimum atomic E-state index is -0.114. The molecule has 2 N–H and O–H groups in total. The highest BCUT2D eigenvalue weighted by molar-refractivity contribution is 5.74. The third-order valence-corrected chi connectivity index (χ3v) is 4.91. The number of amides is 2. The Morgan fingerprint density at radius 1 is 1.32 bits per heavy atom. The summed E-state index contributed by atoms with van der Waals surface area (Å²) < 4.78 is 1.91. The Hall–Kier alpha value is -2.34. The van der Waals surface area contributed by atoms with Crippen molar-refractivity contribution in [3.8, 4) is 0 Å². The van der Waals surface area contributed by atoms with Crippen LogP contribution in [0.25, 0.3) is 0 Å². The van der Waals surface area contributed by atoms with Crippen molar-refractivity contribution < 1.29 is 4.79 Å². The van der Waals surface area contributed by atoms with Crippen LogP contribution in [0.3, 0.4) is 0 Å². The number of piperidine rings is 1. The first kappa shape index (κ1) is 17.5. The summed E-state index contributed by atoms with van der Waals surface area (Å²) in [6.07, 6.45) is 5.56. The summed E-state index contributed by atoms with van der Waals surface area (Å²) in [5, 5.41) is 5.99. The first-order valence-electron chi connectivity index (χ1n) is 8.90. The van der Waals surface area contributed by atoms with E-state index in [1.807, 2.05) is 23.9 Å². The van der Waals surface area contributed by atoms with Gasteiger partial charge in [-0.25, -0.2) is 9.78 Å². The normalized spacial score (nSPS) is 21.0. The number of likely N-dealkylation sites (tertiary alicyclic amines) is 1. The van der Waals surface area contributed by atoms with Gasteiger partial charge in [-0.15, -0.1) is 0 Å². The van der Waals surface area contributed by atoms with Crippen LogP contribution in [0.1, 0.15) is 31.2 Å². The summed E-state index contributed by atoms with van der Waals surface area (Å²) in [5.41, 5.74) is 1.34. The van der Waals surface area contributed by atoms with E-state index in [9.17, 15) is 4.79 Å². The van der Waals surface area contributed by atoms with Gasteiger partial charge in [-0.05, 0) is 25.3 Å². The highest BCUT2D eigenvalue weighted by atomic mass is 16.2. The predicted octanol–water partition coefficient (Wildman–Crippen LogP) is 2.27. The molecule has 25 heavy (non-hydrogen) atoms. The number of hydrogen-bond acceptors (Lipinski definition) is 3. The van der Waals surface area contributed by atoms with Gasteiger partial charge in [0.25, 0.3) is 0 Å². The van der Waals surface area contributed by atoms with E-state index in [1.54, 1.807) is 6.20 Å². The first-order chi connectivity index (χ1) is 12.1. The largest absolute Gasteiger partial charge is 0.337 e. The molecular formula is C19H27N5O. The van der Waals surface area contributed by atoms with Gasteiger partial charge in [-0.3, -0.25) is 4.90 Å². The van der Waals surface area contributed by atoms with Gasteiger partial charge in [-0.2, -0.15) is 0 Å². The van der Waals surface area contributed by atoms with Crippen LogP contribution in [-0.4, -0.2) is 39.1 Å². The Balaban J connectivity index is 1.43. The zero-order valence-corrected chi connectivity index (χ0v) is 15.0. The van der Waals surface area contributed by atoms with Crippen LogP contribution < -0.4 is 10.6 Å². The van der Waals surface area contributed by atoms with Crippen LogP contribution in [0.15, 0.2) is 42.7 Å². The van der Waals surface area contributed by atoms with Crippen LogP contribution in [0, 0.1) is 0 Å². The highest BCUT2D eigenvalue weighted by Gasteiger charge is 2.26. The Bertz CT molecular complexity index is 684. The number of benzene rings is 1. The van der Waals surface area contributed by atoms with Crippen molar-refractivity contribution in [3.63, 3.8) is 0 Å². The lowest BCUT2D eigenvalue weighted by Gasteiger charge is -2.38. The number of hydrogen-bond donors (Lipinski definition) is 2. The standard InChI is InChI=1S/C19H27N5O/c1-15-12-17(8-10-24(15)14-16-6-4-3-5-7-16)22-19(25)21-13-18-20-9-11-23(18)2/h3-7,9,11,15,17H,8,10,12-14H2,1-2H3,(H2,21,22,25)/t15-,17+/m1/s1. The molecular weight excluding hydrogens is 314 g/mol. The van der Waals surface area contributed by atoms with E-state index in [0.717, 1.165) is 31.8 Å². The Labute approximate surface area is 149 Å². The average Bonchev–Trinajstić information content (AvgIpc) is 3.01. The highest BCUT2D eigenvalue weighted by Crippen LogP contribution is 2.19. The second-order valence-electron chi connectivity index (χ2n) is 6.81. The fraction of sp³-hybridized carbons (Fsp3) is 0.474. The number of rotatable bonds is 5. The Kier molecular flexibility index (Phi) is 5.71. The fourth-order valence-corrected chi connectivity index (χ4v) is 3.37. The molecule has 1 aliphatic rings. The molecule has 1 aliphatic heterocycles. The van der Waals surface area contributed by atoms with Gasteiger partial charge in [0.15, 0.2) is 0 Å². The molecule has 6 heteroatoms. The molecule has 134 valence electrons. The molecule has 0 spiro atoms. The molecule has 2 atom stereocenters. The molecule has 1 saturated heterocycles. The Morgan fingerprint density at radius 3 is 2.80 bits per heavy atom. The number of carbonyl (C=O) groups excluding carboxylic acids is 1. The third kappa shape index (κ3) is 4.82. The minimum Gasteiger partial charge on any atom is -0.337 e. The molecule has 0 unspecified atom stereocenters. The van der Waals surface area contributed by atoms with E-state index in [4.69, 9.17) is 0 Å². The van der Waals surface area contributed by atoms with Gasteiger partial charge in [0, 0.05) is 44.6 Å². The topological polar surface area (TPSA) is 62.2 Å². The quantitative estimate of drug-likeness (QED) is 0.877. The van der Waals surface area contributed by atoms with Crippen LogP contribution in [-0.2, 0) is 20.1 Å². The van der Waals surface area contributed by atoms with Crippen LogP contribution in [0.5, 0.6) is 0 Å². The summed E-state index contributed by atoms with van der Waals surface area (Å²) >= 11 is 0. The van der Waals surface area contributed by atoms with Gasteiger partial charge in [0.2, 0.25) is 0 Å². The SMILES string of the molecule is C[C@@H]1C[C@@H](NC(=O)NCc2nccn2C)CCN1Cc1ccccc1. The molecule has 2 heterocycles. The Morgan fingerprint density at radius 2 is 2.12 bits per heavy atom. The van der Waals surface area contributed by atoms with E-state index in [0.29, 0.717) is 12.6 Å². The van der Waals surface area contributed by atoms with Crippen molar-refractivity contribution in [2.75, 3.05) is 6.54 Å². The zero-order chi connectivity index (χ0) is 17.6. The van der Waals surface area contributed by atoms with Crippen LogP contribution in [0.2, 0.25) is 0 Å². The predicted molar refractivity (Wildman–Crippen MR) is 97.9 cm³/mol. The third-order valence-electron chi connectivity index (χ3n) is 4.91. The van der Waals surface area contributed by atoms with Crippen molar-refractivity contribution >= 4 is 6.03 Å².